The van der Waals surface area contributed by atoms with E-state index in [1.807, 2.05) is 20.8 Å². The number of rotatable bonds is 0. The number of nitrogens with zero attached hydrogens (tertiary/aromatic N) is 1. The highest BCUT2D eigenvalue weighted by atomic mass is 16.6. The lowest BCUT2D eigenvalue weighted by molar-refractivity contribution is 0.0181. The third kappa shape index (κ3) is 16.9. The molecule has 166 valence electrons. The Morgan fingerprint density at radius 2 is 1.74 bits per heavy atom. The minimum absolute atomic E-state index is 0. The summed E-state index contributed by atoms with van der Waals surface area (Å²) < 4.78 is 21.5. The van der Waals surface area contributed by atoms with Crippen molar-refractivity contribution in [2.75, 3.05) is 52.6 Å². The Bertz CT molecular complexity index is 361. The van der Waals surface area contributed by atoms with Crippen molar-refractivity contribution in [2.24, 2.45) is 0 Å². The van der Waals surface area contributed by atoms with E-state index < -0.39 is 17.8 Å². The Labute approximate surface area is 167 Å². The van der Waals surface area contributed by atoms with Gasteiger partial charge in [-0.05, 0) is 20.8 Å². The molecule has 2 fully saturated rings. The quantitative estimate of drug-likeness (QED) is 0.574. The lowest BCUT2D eigenvalue weighted by Crippen LogP contribution is -2.41. The first-order valence-electron chi connectivity index (χ1n) is 9.39. The van der Waals surface area contributed by atoms with E-state index in [1.165, 1.54) is 4.90 Å². The molecule has 2 unspecified atom stereocenters. The second kappa shape index (κ2) is 17.2. The smallest absolute Gasteiger partial charge is 0.410 e. The van der Waals surface area contributed by atoms with Crippen molar-refractivity contribution in [3.8, 4) is 0 Å². The number of amides is 1. The van der Waals surface area contributed by atoms with Crippen LogP contribution in [0, 0.1) is 0 Å². The zero-order valence-corrected chi connectivity index (χ0v) is 16.0. The van der Waals surface area contributed by atoms with Crippen LogP contribution in [0.25, 0.3) is 0 Å². The Hall–Kier alpha value is -0.930. The number of aliphatic hydroxyl groups excluding tert-OH is 2. The van der Waals surface area contributed by atoms with Crippen molar-refractivity contribution in [2.45, 2.75) is 67.3 Å². The van der Waals surface area contributed by atoms with Gasteiger partial charge in [-0.3, -0.25) is 0 Å². The molecule has 0 aromatic rings. The van der Waals surface area contributed by atoms with Gasteiger partial charge in [0.1, 0.15) is 5.60 Å². The minimum Gasteiger partial charge on any atom is -0.444 e. The number of carbonyl (C=O) groups excluding carboxylic acids is 1. The van der Waals surface area contributed by atoms with Gasteiger partial charge in [-0.15, -0.1) is 0 Å². The first-order valence-corrected chi connectivity index (χ1v) is 8.69. The number of nitrogens with one attached hydrogen (secondary N) is 1. The Morgan fingerprint density at radius 1 is 1.19 bits per heavy atom. The monoisotopic (exact) mass is 397 g/mol. The molecular formula is C19H44N2O6. The van der Waals surface area contributed by atoms with Crippen LogP contribution in [0.15, 0.2) is 0 Å². The summed E-state index contributed by atoms with van der Waals surface area (Å²) in [6, 6.07) is 0. The SMILES string of the molecule is C.C.CC(C)(C)OC(=O)N1CCOCC(O)C1.OC1CNCCOC1.[2H]CC. The summed E-state index contributed by atoms with van der Waals surface area (Å²) in [5, 5.41) is 21.4. The molecule has 0 aromatic carbocycles. The van der Waals surface area contributed by atoms with Gasteiger partial charge in [0.05, 0.1) is 45.2 Å². The molecule has 8 nitrogen and oxygen atoms in total. The molecule has 1 amide bonds. The molecule has 8 heteroatoms. The maximum Gasteiger partial charge on any atom is 0.410 e. The molecule has 0 spiro atoms. The van der Waals surface area contributed by atoms with Crippen LogP contribution < -0.4 is 5.32 Å². The summed E-state index contributed by atoms with van der Waals surface area (Å²) in [4.78, 5) is 13.1. The standard InChI is InChI=1S/C10H19NO4.C5H11NO2.C2H6.2CH4/c1-10(2,3)15-9(13)11-4-5-14-7-8(12)6-11;7-5-3-6-1-2-8-4-5;1-2;;/h8,12H,4-7H2,1-3H3;5-7H,1-4H2;1-2H3;2*1H4/i;;1D;;. The molecule has 0 radical (unpaired) electrons. The highest BCUT2D eigenvalue weighted by molar-refractivity contribution is 5.68. The topological polar surface area (TPSA) is 100 Å². The fraction of sp³-hybridized carbons (Fsp3) is 0.947. The average Bonchev–Trinajstić information content (AvgIpc) is 2.89. The zero-order chi connectivity index (χ0) is 20.0. The largest absolute Gasteiger partial charge is 0.444 e. The van der Waals surface area contributed by atoms with Crippen LogP contribution in [-0.2, 0) is 14.2 Å². The van der Waals surface area contributed by atoms with Gasteiger partial charge in [0.25, 0.3) is 0 Å². The first-order chi connectivity index (χ1) is 12.2. The second-order valence-electron chi connectivity index (χ2n) is 6.59. The van der Waals surface area contributed by atoms with Gasteiger partial charge in [0.15, 0.2) is 0 Å². The van der Waals surface area contributed by atoms with E-state index in [-0.39, 0.29) is 34.1 Å². The molecule has 2 saturated heterocycles. The zero-order valence-electron chi connectivity index (χ0n) is 17.0. The molecule has 0 bridgehead atoms. The van der Waals surface area contributed by atoms with Crippen LogP contribution in [0.2, 0.25) is 0 Å². The van der Waals surface area contributed by atoms with E-state index in [2.05, 4.69) is 5.32 Å². The van der Waals surface area contributed by atoms with Crippen molar-refractivity contribution in [1.29, 1.82) is 0 Å². The second-order valence-corrected chi connectivity index (χ2v) is 6.59. The Kier molecular flexibility index (Phi) is 18.0. The van der Waals surface area contributed by atoms with Crippen molar-refractivity contribution in [3.63, 3.8) is 0 Å². The summed E-state index contributed by atoms with van der Waals surface area (Å²) in [6.45, 7) is 11.9. The van der Waals surface area contributed by atoms with Crippen molar-refractivity contribution < 1.29 is 30.6 Å². The lowest BCUT2D eigenvalue weighted by atomic mass is 10.2. The fourth-order valence-electron chi connectivity index (χ4n) is 1.98. The van der Waals surface area contributed by atoms with Crippen LogP contribution in [-0.4, -0.2) is 91.6 Å². The van der Waals surface area contributed by atoms with Crippen molar-refractivity contribution in [1.82, 2.24) is 10.2 Å². The van der Waals surface area contributed by atoms with Crippen LogP contribution >= 0.6 is 0 Å². The highest BCUT2D eigenvalue weighted by Gasteiger charge is 2.25. The van der Waals surface area contributed by atoms with Gasteiger partial charge in [-0.1, -0.05) is 28.7 Å². The molecule has 2 atom stereocenters. The van der Waals surface area contributed by atoms with E-state index in [4.69, 9.17) is 20.7 Å². The predicted molar refractivity (Wildman–Crippen MR) is 109 cm³/mol. The van der Waals surface area contributed by atoms with Gasteiger partial charge in [0, 0.05) is 21.0 Å². The van der Waals surface area contributed by atoms with Crippen molar-refractivity contribution in [3.05, 3.63) is 0 Å². The molecule has 0 saturated carbocycles. The van der Waals surface area contributed by atoms with Crippen molar-refractivity contribution >= 4 is 6.09 Å². The summed E-state index contributed by atoms with van der Waals surface area (Å²) in [5.74, 6) is 0. The van der Waals surface area contributed by atoms with Gasteiger partial charge >= 0.3 is 6.09 Å². The van der Waals surface area contributed by atoms with E-state index in [0.717, 1.165) is 13.2 Å². The maximum absolute atomic E-state index is 11.6. The number of hydrogen-bond acceptors (Lipinski definition) is 7. The Morgan fingerprint density at radius 3 is 2.33 bits per heavy atom. The van der Waals surface area contributed by atoms with Gasteiger partial charge in [-0.2, -0.15) is 0 Å². The maximum atomic E-state index is 11.6. The number of hydrogen-bond donors (Lipinski definition) is 3. The molecule has 0 aliphatic carbocycles. The molecular weight excluding hydrogens is 352 g/mol. The normalized spacial score (nSPS) is 23.2. The summed E-state index contributed by atoms with van der Waals surface area (Å²) in [7, 11) is 0. The third-order valence-corrected chi connectivity index (χ3v) is 3.01. The lowest BCUT2D eigenvalue weighted by Gasteiger charge is -2.26. The third-order valence-electron chi connectivity index (χ3n) is 3.01. The molecule has 0 aromatic heterocycles. The molecule has 2 aliphatic rings. The average molecular weight is 398 g/mol. The molecule has 3 N–H and O–H groups in total. The van der Waals surface area contributed by atoms with Gasteiger partial charge in [-0.25, -0.2) is 4.79 Å². The van der Waals surface area contributed by atoms with E-state index in [0.29, 0.717) is 33.2 Å². The van der Waals surface area contributed by atoms with Crippen LogP contribution in [0.3, 0.4) is 0 Å². The van der Waals surface area contributed by atoms with Crippen LogP contribution in [0.4, 0.5) is 4.79 Å². The number of β-amino-alcohol motifs (C(OH)–C–C–N with tert-alkyl or cyclic N) is 2. The van der Waals surface area contributed by atoms with E-state index in [1.54, 1.807) is 6.92 Å². The van der Waals surface area contributed by atoms with E-state index in [9.17, 15) is 9.90 Å². The number of ether oxygens (including phenoxy) is 3. The molecule has 2 heterocycles. The summed E-state index contributed by atoms with van der Waals surface area (Å²) in [6.07, 6.45) is -1.33. The number of carbonyl (C=O) groups is 1. The number of aliphatic hydroxyl groups is 2. The Balaban J connectivity index is -0.000000408. The van der Waals surface area contributed by atoms with Gasteiger partial charge in [0.2, 0.25) is 0 Å². The van der Waals surface area contributed by atoms with E-state index >= 15 is 0 Å². The van der Waals surface area contributed by atoms with Crippen LogP contribution in [0.5, 0.6) is 0 Å². The molecule has 2 aliphatic heterocycles. The van der Waals surface area contributed by atoms with Gasteiger partial charge < -0.3 is 34.6 Å². The predicted octanol–water partition coefficient (Wildman–Crippen LogP) is 1.88. The molecule has 2 rings (SSSR count). The summed E-state index contributed by atoms with van der Waals surface area (Å²) in [5.41, 5.74) is -0.505. The summed E-state index contributed by atoms with van der Waals surface area (Å²) >= 11 is 0. The van der Waals surface area contributed by atoms with Crippen LogP contribution in [0.1, 0.15) is 50.8 Å². The minimum atomic E-state index is -0.625. The fourth-order valence-corrected chi connectivity index (χ4v) is 1.98. The molecule has 27 heavy (non-hydrogen) atoms. The first kappa shape index (κ1) is 28.3. The highest BCUT2D eigenvalue weighted by Crippen LogP contribution is 2.11.